The van der Waals surface area contributed by atoms with E-state index in [1.807, 2.05) is 24.3 Å². The van der Waals surface area contributed by atoms with E-state index >= 15 is 0 Å². The largest absolute Gasteiger partial charge is 0.478 e. The van der Waals surface area contributed by atoms with Gasteiger partial charge in [-0.3, -0.25) is 0 Å². The van der Waals surface area contributed by atoms with Crippen LogP contribution in [0.3, 0.4) is 0 Å². The normalized spacial score (nSPS) is 12.8. The van der Waals surface area contributed by atoms with E-state index in [1.165, 1.54) is 0 Å². The first-order chi connectivity index (χ1) is 17.7. The first-order valence-electron chi connectivity index (χ1n) is 11.8. The van der Waals surface area contributed by atoms with Gasteiger partial charge >= 0.3 is 5.97 Å². The summed E-state index contributed by atoms with van der Waals surface area (Å²) < 4.78 is 26.0. The zero-order valence-corrected chi connectivity index (χ0v) is 22.6. The second kappa shape index (κ2) is 27.5. The molecule has 1 aromatic carbocycles. The lowest BCUT2D eigenvalue weighted by atomic mass is 10.1. The highest BCUT2D eigenvalue weighted by Crippen LogP contribution is 2.15. The highest BCUT2D eigenvalue weighted by Gasteiger charge is 2.07. The average Bonchev–Trinajstić information content (AvgIpc) is 2.88. The van der Waals surface area contributed by atoms with Gasteiger partial charge in [0.15, 0.2) is 0 Å². The fraction of sp³-hybridized carbons (Fsp3) is 0.640. The van der Waals surface area contributed by atoms with Gasteiger partial charge in [-0.15, -0.1) is 12.6 Å². The van der Waals surface area contributed by atoms with Crippen LogP contribution in [0, 0.1) is 0 Å². The van der Waals surface area contributed by atoms with Crippen LogP contribution < -0.4 is 0 Å². The summed E-state index contributed by atoms with van der Waals surface area (Å²) in [5.41, 5.74) is 0.806. The Kier molecular flexibility index (Phi) is 27.9. The number of rotatable bonds is 19. The molecule has 1 rings (SSSR count). The van der Waals surface area contributed by atoms with E-state index < -0.39 is 18.2 Å². The summed E-state index contributed by atoms with van der Waals surface area (Å²) in [7, 11) is 0. The van der Waals surface area contributed by atoms with Crippen LogP contribution in [0.15, 0.2) is 41.8 Å². The minimum atomic E-state index is -0.981. The Morgan fingerprint density at radius 3 is 1.76 bits per heavy atom. The Balaban J connectivity index is 0. The van der Waals surface area contributed by atoms with Crippen LogP contribution in [0.4, 0.5) is 0 Å². The van der Waals surface area contributed by atoms with Crippen LogP contribution in [-0.4, -0.2) is 116 Å². The van der Waals surface area contributed by atoms with Crippen LogP contribution in [0.2, 0.25) is 0 Å². The van der Waals surface area contributed by atoms with E-state index in [2.05, 4.69) is 19.2 Å². The van der Waals surface area contributed by atoms with Crippen molar-refractivity contribution in [3.63, 3.8) is 0 Å². The number of carbonyl (C=O) groups is 1. The smallest absolute Gasteiger partial charge is 0.327 e. The average molecular weight is 553 g/mol. The molecule has 0 amide bonds. The van der Waals surface area contributed by atoms with Crippen molar-refractivity contribution in [2.45, 2.75) is 37.1 Å². The number of aliphatic hydroxyl groups is 4. The monoisotopic (exact) mass is 552 g/mol. The molecule has 0 saturated heterocycles. The first-order valence-corrected chi connectivity index (χ1v) is 12.3. The van der Waals surface area contributed by atoms with Crippen molar-refractivity contribution in [2.24, 2.45) is 0 Å². The molecule has 0 fully saturated rings. The highest BCUT2D eigenvalue weighted by molar-refractivity contribution is 7.80. The number of benzene rings is 1. The van der Waals surface area contributed by atoms with Gasteiger partial charge in [-0.25, -0.2) is 4.79 Å². The fourth-order valence-electron chi connectivity index (χ4n) is 2.07. The highest BCUT2D eigenvalue weighted by atomic mass is 32.1. The first kappa shape index (κ1) is 37.6. The Labute approximate surface area is 225 Å². The van der Waals surface area contributed by atoms with E-state index in [0.29, 0.717) is 52.9 Å². The number of hydrogen-bond donors (Lipinski definition) is 6. The maximum absolute atomic E-state index is 9.93. The minimum Gasteiger partial charge on any atom is -0.478 e. The lowest BCUT2D eigenvalue weighted by molar-refractivity contribution is -0.131. The number of ether oxygens (including phenoxy) is 5. The predicted molar refractivity (Wildman–Crippen MR) is 141 cm³/mol. The Morgan fingerprint density at radius 2 is 1.35 bits per heavy atom. The van der Waals surface area contributed by atoms with Crippen LogP contribution in [-0.2, 0) is 28.5 Å². The second-order valence-electron chi connectivity index (χ2n) is 7.46. The molecule has 0 spiro atoms. The quantitative estimate of drug-likeness (QED) is 0.0827. The molecule has 12 heteroatoms. The molecular formula is C25H44O11S. The predicted octanol–water partition coefficient (Wildman–Crippen LogP) is 1.09. The summed E-state index contributed by atoms with van der Waals surface area (Å²) in [6.45, 7) is 10.0. The zero-order chi connectivity index (χ0) is 28.3. The Morgan fingerprint density at radius 1 is 0.892 bits per heavy atom. The van der Waals surface area contributed by atoms with E-state index in [1.54, 1.807) is 13.8 Å². The summed E-state index contributed by atoms with van der Waals surface area (Å²) in [5, 5.41) is 43.2. The Hall–Kier alpha value is -1.58. The third-order valence-electron chi connectivity index (χ3n) is 3.96. The van der Waals surface area contributed by atoms with E-state index in [4.69, 9.17) is 44.1 Å². The molecule has 5 N–H and O–H groups in total. The molecule has 3 atom stereocenters. The molecule has 11 nitrogen and oxygen atoms in total. The van der Waals surface area contributed by atoms with Crippen LogP contribution in [0.1, 0.15) is 25.5 Å². The van der Waals surface area contributed by atoms with Gasteiger partial charge in [0.05, 0.1) is 84.9 Å². The van der Waals surface area contributed by atoms with Gasteiger partial charge in [0, 0.05) is 11.0 Å². The molecule has 0 saturated carbocycles. The molecule has 1 aromatic rings. The van der Waals surface area contributed by atoms with Crippen molar-refractivity contribution >= 4 is 18.6 Å². The number of hydrogen-bond acceptors (Lipinski definition) is 11. The summed E-state index contributed by atoms with van der Waals surface area (Å²) in [4.78, 5) is 10.1. The molecule has 0 aromatic heterocycles. The molecule has 0 aliphatic carbocycles. The zero-order valence-electron chi connectivity index (χ0n) is 21.7. The van der Waals surface area contributed by atoms with Gasteiger partial charge in [-0.2, -0.15) is 0 Å². The molecule has 0 aliphatic heterocycles. The summed E-state index contributed by atoms with van der Waals surface area (Å²) >= 11 is 4.20. The number of aliphatic hydroxyl groups excluding tert-OH is 4. The van der Waals surface area contributed by atoms with Crippen molar-refractivity contribution in [3.8, 4) is 0 Å². The van der Waals surface area contributed by atoms with Crippen molar-refractivity contribution in [1.82, 2.24) is 0 Å². The van der Waals surface area contributed by atoms with Gasteiger partial charge in [-0.1, -0.05) is 18.7 Å². The van der Waals surface area contributed by atoms with Crippen molar-refractivity contribution in [2.75, 3.05) is 72.7 Å². The van der Waals surface area contributed by atoms with Crippen molar-refractivity contribution in [1.29, 1.82) is 0 Å². The maximum Gasteiger partial charge on any atom is 0.327 e. The van der Waals surface area contributed by atoms with Crippen molar-refractivity contribution in [3.05, 3.63) is 42.5 Å². The van der Waals surface area contributed by atoms with Gasteiger partial charge in [0.25, 0.3) is 0 Å². The molecule has 0 bridgehead atoms. The number of carboxylic acids is 1. The summed E-state index contributed by atoms with van der Waals surface area (Å²) in [5.74, 6) is -0.981. The van der Waals surface area contributed by atoms with Crippen LogP contribution in [0.25, 0.3) is 0 Å². The molecule has 0 radical (unpaired) electrons. The SMILES string of the molecule is C=CC(=O)O.CC(O)COC(C)CO.OCCOCCOCCOCCOCC(O)c1ccc(S)cc1. The standard InChI is InChI=1S/C16H26O6S.C6H14O3.C3H4O2/c17-5-6-19-7-8-20-9-10-21-11-12-22-13-16(18)14-1-3-15(23)4-2-14;1-5(8)4-9-6(2)3-7;1-2-3(4)5/h1-4,16-18,23H,5-13H2;5-8H,3-4H2,1-2H3;2H,1H2,(H,4,5). The van der Waals surface area contributed by atoms with E-state index in [-0.39, 0.29) is 25.9 Å². The molecule has 216 valence electrons. The molecule has 37 heavy (non-hydrogen) atoms. The number of thiol groups is 1. The molecule has 3 unspecified atom stereocenters. The molecule has 0 aliphatic rings. The van der Waals surface area contributed by atoms with Gasteiger partial charge in [-0.05, 0) is 31.5 Å². The van der Waals surface area contributed by atoms with Gasteiger partial charge in [0.2, 0.25) is 0 Å². The number of aliphatic carboxylic acids is 1. The lowest BCUT2D eigenvalue weighted by Gasteiger charge is -2.12. The van der Waals surface area contributed by atoms with Gasteiger partial charge < -0.3 is 49.2 Å². The molecule has 0 heterocycles. The minimum absolute atomic E-state index is 0.00667. The Bertz CT molecular complexity index is 644. The van der Waals surface area contributed by atoms with Gasteiger partial charge in [0.1, 0.15) is 6.10 Å². The van der Waals surface area contributed by atoms with Crippen LogP contribution >= 0.6 is 12.6 Å². The van der Waals surface area contributed by atoms with Crippen LogP contribution in [0.5, 0.6) is 0 Å². The third kappa shape index (κ3) is 28.8. The topological polar surface area (TPSA) is 164 Å². The summed E-state index contributed by atoms with van der Waals surface area (Å²) in [6.07, 6.45) is -0.426. The lowest BCUT2D eigenvalue weighted by Crippen LogP contribution is -2.19. The van der Waals surface area contributed by atoms with E-state index in [0.717, 1.165) is 16.5 Å². The molecular weight excluding hydrogens is 508 g/mol. The summed E-state index contributed by atoms with van der Waals surface area (Å²) in [6, 6.07) is 7.32. The maximum atomic E-state index is 9.93. The van der Waals surface area contributed by atoms with E-state index in [9.17, 15) is 9.90 Å². The second-order valence-corrected chi connectivity index (χ2v) is 7.98. The van der Waals surface area contributed by atoms with Crippen molar-refractivity contribution < 1.29 is 54.0 Å². The fourth-order valence-corrected chi connectivity index (χ4v) is 2.22. The third-order valence-corrected chi connectivity index (χ3v) is 4.26. The number of carboxylic acid groups (broad SMARTS) is 1.